The largest absolute Gasteiger partial charge is 0.376 e. The first-order valence-corrected chi connectivity index (χ1v) is 10.5. The summed E-state index contributed by atoms with van der Waals surface area (Å²) in [6.45, 7) is 7.19. The van der Waals surface area contributed by atoms with Gasteiger partial charge in [0.25, 0.3) is 0 Å². The van der Waals surface area contributed by atoms with E-state index in [0.29, 0.717) is 12.5 Å². The molecule has 3 rings (SSSR count). The number of hydrogen-bond donors (Lipinski definition) is 1. The van der Waals surface area contributed by atoms with Gasteiger partial charge in [0.15, 0.2) is 5.96 Å². The molecule has 5 nitrogen and oxygen atoms in total. The lowest BCUT2D eigenvalue weighted by molar-refractivity contribution is 0.0906. The number of halogens is 1. The van der Waals surface area contributed by atoms with Crippen LogP contribution in [0.2, 0.25) is 0 Å². The van der Waals surface area contributed by atoms with Crippen LogP contribution < -0.4 is 5.32 Å². The minimum absolute atomic E-state index is 0. The van der Waals surface area contributed by atoms with Gasteiger partial charge < -0.3 is 19.9 Å². The molecule has 2 aliphatic heterocycles. The summed E-state index contributed by atoms with van der Waals surface area (Å²) in [4.78, 5) is 9.34. The van der Waals surface area contributed by atoms with Gasteiger partial charge in [0.1, 0.15) is 0 Å². The SMILES string of the molecule is CN=C(NCCC1CCN(C)CC1)N1CCC(COCc2ccccc2)C1.I. The van der Waals surface area contributed by atoms with Gasteiger partial charge in [-0.2, -0.15) is 0 Å². The monoisotopic (exact) mass is 500 g/mol. The summed E-state index contributed by atoms with van der Waals surface area (Å²) < 4.78 is 5.94. The highest BCUT2D eigenvalue weighted by atomic mass is 127. The minimum atomic E-state index is 0. The van der Waals surface area contributed by atoms with E-state index in [1.54, 1.807) is 0 Å². The Morgan fingerprint density at radius 3 is 2.54 bits per heavy atom. The van der Waals surface area contributed by atoms with Crippen LogP contribution in [0.1, 0.15) is 31.2 Å². The molecule has 1 atom stereocenters. The Morgan fingerprint density at radius 2 is 1.82 bits per heavy atom. The van der Waals surface area contributed by atoms with Gasteiger partial charge in [-0.25, -0.2) is 0 Å². The minimum Gasteiger partial charge on any atom is -0.376 e. The fourth-order valence-electron chi connectivity index (χ4n) is 4.15. The maximum Gasteiger partial charge on any atom is 0.193 e. The zero-order chi connectivity index (χ0) is 18.9. The highest BCUT2D eigenvalue weighted by Gasteiger charge is 2.25. The van der Waals surface area contributed by atoms with Gasteiger partial charge in [0, 0.05) is 32.6 Å². The average Bonchev–Trinajstić information content (AvgIpc) is 3.16. The standard InChI is InChI=1S/C22H36N4O.HI/c1-23-22(24-12-8-19-9-13-25(2)14-10-19)26-15-11-21(16-26)18-27-17-20-6-4-3-5-7-20;/h3-7,19,21H,8-18H2,1-2H3,(H,23,24);1H. The molecule has 0 aromatic heterocycles. The Labute approximate surface area is 187 Å². The lowest BCUT2D eigenvalue weighted by atomic mass is 9.94. The maximum absolute atomic E-state index is 5.94. The third kappa shape index (κ3) is 7.52. The first-order valence-electron chi connectivity index (χ1n) is 10.5. The van der Waals surface area contributed by atoms with Gasteiger partial charge >= 0.3 is 0 Å². The van der Waals surface area contributed by atoms with E-state index in [1.165, 1.54) is 44.3 Å². The molecule has 0 spiro atoms. The molecule has 2 saturated heterocycles. The average molecular weight is 500 g/mol. The molecule has 6 heteroatoms. The fourth-order valence-corrected chi connectivity index (χ4v) is 4.15. The Bertz CT molecular complexity index is 575. The van der Waals surface area contributed by atoms with Crippen LogP contribution in [0.3, 0.4) is 0 Å². The number of guanidine groups is 1. The molecule has 1 aromatic rings. The number of nitrogens with zero attached hydrogens (tertiary/aromatic N) is 3. The van der Waals surface area contributed by atoms with Gasteiger partial charge in [-0.15, -0.1) is 24.0 Å². The van der Waals surface area contributed by atoms with E-state index in [1.807, 2.05) is 13.1 Å². The van der Waals surface area contributed by atoms with Crippen molar-refractivity contribution in [2.45, 2.75) is 32.3 Å². The third-order valence-corrected chi connectivity index (χ3v) is 5.94. The van der Waals surface area contributed by atoms with Crippen LogP contribution in [0.25, 0.3) is 0 Å². The topological polar surface area (TPSA) is 40.1 Å². The zero-order valence-electron chi connectivity index (χ0n) is 17.5. The molecule has 0 aliphatic carbocycles. The zero-order valence-corrected chi connectivity index (χ0v) is 19.8. The molecular weight excluding hydrogens is 463 g/mol. The first-order chi connectivity index (χ1) is 13.2. The van der Waals surface area contributed by atoms with Crippen molar-refractivity contribution in [3.63, 3.8) is 0 Å². The van der Waals surface area contributed by atoms with Gasteiger partial charge in [-0.05, 0) is 57.3 Å². The molecule has 28 heavy (non-hydrogen) atoms. The summed E-state index contributed by atoms with van der Waals surface area (Å²) in [7, 11) is 4.13. The summed E-state index contributed by atoms with van der Waals surface area (Å²) >= 11 is 0. The number of rotatable bonds is 7. The number of hydrogen-bond acceptors (Lipinski definition) is 3. The van der Waals surface area contributed by atoms with Crippen molar-refractivity contribution < 1.29 is 4.74 Å². The highest BCUT2D eigenvalue weighted by Crippen LogP contribution is 2.20. The number of nitrogens with one attached hydrogen (secondary N) is 1. The van der Waals surface area contributed by atoms with Gasteiger partial charge in [-0.3, -0.25) is 4.99 Å². The molecule has 0 amide bonds. The lowest BCUT2D eigenvalue weighted by Gasteiger charge is -2.29. The summed E-state index contributed by atoms with van der Waals surface area (Å²) in [6, 6.07) is 10.4. The van der Waals surface area contributed by atoms with Crippen molar-refractivity contribution >= 4 is 29.9 Å². The van der Waals surface area contributed by atoms with E-state index in [-0.39, 0.29) is 24.0 Å². The molecule has 1 aromatic carbocycles. The van der Waals surface area contributed by atoms with Gasteiger partial charge in [0.05, 0.1) is 13.2 Å². The number of piperidine rings is 1. The van der Waals surface area contributed by atoms with E-state index in [2.05, 4.69) is 51.4 Å². The Kier molecular flexibility index (Phi) is 10.6. The molecule has 2 aliphatic rings. The second-order valence-corrected chi connectivity index (χ2v) is 8.11. The van der Waals surface area contributed by atoms with Crippen LogP contribution in [0.5, 0.6) is 0 Å². The first kappa shape index (κ1) is 23.4. The predicted octanol–water partition coefficient (Wildman–Crippen LogP) is 3.45. The van der Waals surface area contributed by atoms with Crippen molar-refractivity contribution in [2.24, 2.45) is 16.8 Å². The van der Waals surface area contributed by atoms with Gasteiger partial charge in [0.2, 0.25) is 0 Å². The van der Waals surface area contributed by atoms with E-state index >= 15 is 0 Å². The van der Waals surface area contributed by atoms with Crippen molar-refractivity contribution in [1.82, 2.24) is 15.1 Å². The predicted molar refractivity (Wildman–Crippen MR) is 127 cm³/mol. The molecule has 1 N–H and O–H groups in total. The Hall–Kier alpha value is -0.860. The second kappa shape index (κ2) is 12.6. The van der Waals surface area contributed by atoms with Crippen molar-refractivity contribution in [2.75, 3.05) is 53.4 Å². The lowest BCUT2D eigenvalue weighted by Crippen LogP contribution is -2.41. The number of likely N-dealkylation sites (tertiary alicyclic amines) is 2. The van der Waals surface area contributed by atoms with Crippen molar-refractivity contribution in [3.8, 4) is 0 Å². The maximum atomic E-state index is 5.94. The van der Waals surface area contributed by atoms with Crippen molar-refractivity contribution in [1.29, 1.82) is 0 Å². The van der Waals surface area contributed by atoms with Crippen molar-refractivity contribution in [3.05, 3.63) is 35.9 Å². The van der Waals surface area contributed by atoms with Crippen LogP contribution in [-0.2, 0) is 11.3 Å². The Morgan fingerprint density at radius 1 is 1.11 bits per heavy atom. The van der Waals surface area contributed by atoms with Crippen LogP contribution in [-0.4, -0.2) is 69.2 Å². The van der Waals surface area contributed by atoms with E-state index < -0.39 is 0 Å². The van der Waals surface area contributed by atoms with Gasteiger partial charge in [-0.1, -0.05) is 30.3 Å². The summed E-state index contributed by atoms with van der Waals surface area (Å²) in [6.07, 6.45) is 5.11. The van der Waals surface area contributed by atoms with Crippen LogP contribution >= 0.6 is 24.0 Å². The number of benzene rings is 1. The summed E-state index contributed by atoms with van der Waals surface area (Å²) in [5, 5.41) is 3.59. The number of aliphatic imine (C=N–C) groups is 1. The van der Waals surface area contributed by atoms with Crippen LogP contribution in [0, 0.1) is 11.8 Å². The van der Waals surface area contributed by atoms with E-state index in [4.69, 9.17) is 4.74 Å². The smallest absolute Gasteiger partial charge is 0.193 e. The van der Waals surface area contributed by atoms with E-state index in [9.17, 15) is 0 Å². The molecule has 158 valence electrons. The summed E-state index contributed by atoms with van der Waals surface area (Å²) in [5.74, 6) is 2.53. The normalized spacial score (nSPS) is 21.6. The van der Waals surface area contributed by atoms with Crippen LogP contribution in [0.4, 0.5) is 0 Å². The molecule has 2 heterocycles. The molecule has 2 fully saturated rings. The second-order valence-electron chi connectivity index (χ2n) is 8.11. The summed E-state index contributed by atoms with van der Waals surface area (Å²) in [5.41, 5.74) is 1.25. The molecule has 0 bridgehead atoms. The van der Waals surface area contributed by atoms with E-state index in [0.717, 1.165) is 38.1 Å². The van der Waals surface area contributed by atoms with Crippen LogP contribution in [0.15, 0.2) is 35.3 Å². The Balaban J connectivity index is 0.00000280. The molecular formula is C22H37IN4O. The molecule has 1 unspecified atom stereocenters. The third-order valence-electron chi connectivity index (χ3n) is 5.94. The quantitative estimate of drug-likeness (QED) is 0.354. The fraction of sp³-hybridized carbons (Fsp3) is 0.682. The molecule has 0 saturated carbocycles. The molecule has 0 radical (unpaired) electrons. The highest BCUT2D eigenvalue weighted by molar-refractivity contribution is 14.0. The number of ether oxygens (including phenoxy) is 1.